The van der Waals surface area contributed by atoms with Crippen molar-refractivity contribution in [2.45, 2.75) is 38.5 Å². The molecule has 3 heterocycles. The number of anilines is 1. The third kappa shape index (κ3) is 3.62. The Hall–Kier alpha value is -2.67. The molecule has 2 amide bonds. The number of imidazole rings is 1. The largest absolute Gasteiger partial charge is 0.368 e. The molecule has 1 saturated heterocycles. The molecule has 0 bridgehead atoms. The predicted octanol–water partition coefficient (Wildman–Crippen LogP) is 1.59. The Morgan fingerprint density at radius 3 is 3.00 bits per heavy atom. The highest BCUT2D eigenvalue weighted by Crippen LogP contribution is 2.24. The number of hydrogen-bond acceptors (Lipinski definition) is 4. The number of nitrogens with zero attached hydrogens (tertiary/aromatic N) is 3. The van der Waals surface area contributed by atoms with Crippen LogP contribution in [0.3, 0.4) is 0 Å². The zero-order chi connectivity index (χ0) is 17.9. The first-order valence-electron chi connectivity index (χ1n) is 8.97. The number of aromatic nitrogens is 2. The summed E-state index contributed by atoms with van der Waals surface area (Å²) in [6, 6.07) is 5.94. The van der Waals surface area contributed by atoms with Crippen molar-refractivity contribution < 1.29 is 14.3 Å². The van der Waals surface area contributed by atoms with Gasteiger partial charge in [0.1, 0.15) is 12.6 Å². The molecule has 7 heteroatoms. The van der Waals surface area contributed by atoms with Gasteiger partial charge in [0, 0.05) is 37.8 Å². The van der Waals surface area contributed by atoms with E-state index in [4.69, 9.17) is 4.74 Å². The van der Waals surface area contributed by atoms with Gasteiger partial charge in [-0.05, 0) is 42.5 Å². The van der Waals surface area contributed by atoms with Crippen LogP contribution < -0.4 is 5.32 Å². The lowest BCUT2D eigenvalue weighted by molar-refractivity contribution is -0.132. The average Bonchev–Trinajstić information content (AvgIpc) is 3.35. The van der Waals surface area contributed by atoms with Crippen molar-refractivity contribution in [2.24, 2.45) is 0 Å². The highest BCUT2D eigenvalue weighted by Gasteiger charge is 2.25. The van der Waals surface area contributed by atoms with Gasteiger partial charge < -0.3 is 19.5 Å². The Bertz CT molecular complexity index is 797. The van der Waals surface area contributed by atoms with Gasteiger partial charge in [-0.25, -0.2) is 4.98 Å². The second kappa shape index (κ2) is 7.29. The molecule has 4 rings (SSSR count). The molecule has 1 fully saturated rings. The Morgan fingerprint density at radius 2 is 2.23 bits per heavy atom. The summed E-state index contributed by atoms with van der Waals surface area (Å²) in [5.41, 5.74) is 3.07. The van der Waals surface area contributed by atoms with Gasteiger partial charge in [0.15, 0.2) is 0 Å². The van der Waals surface area contributed by atoms with Gasteiger partial charge in [0.2, 0.25) is 5.91 Å². The van der Waals surface area contributed by atoms with Crippen LogP contribution in [0.2, 0.25) is 0 Å². The summed E-state index contributed by atoms with van der Waals surface area (Å²) in [5, 5.41) is 2.93. The molecule has 0 unspecified atom stereocenters. The molecule has 0 saturated carbocycles. The first-order chi connectivity index (χ1) is 12.7. The van der Waals surface area contributed by atoms with Gasteiger partial charge in [0.05, 0.1) is 6.33 Å². The first-order valence-corrected chi connectivity index (χ1v) is 8.97. The molecule has 0 spiro atoms. The van der Waals surface area contributed by atoms with Crippen LogP contribution in [0.4, 0.5) is 5.69 Å². The number of fused-ring (bicyclic) bond motifs is 1. The topological polar surface area (TPSA) is 76.5 Å². The average molecular weight is 354 g/mol. The highest BCUT2D eigenvalue weighted by atomic mass is 16.5. The van der Waals surface area contributed by atoms with E-state index in [1.165, 1.54) is 5.56 Å². The van der Waals surface area contributed by atoms with Crippen LogP contribution in [0.5, 0.6) is 0 Å². The Kier molecular flexibility index (Phi) is 4.71. The third-order valence-electron chi connectivity index (χ3n) is 4.94. The maximum Gasteiger partial charge on any atom is 0.253 e. The maximum atomic E-state index is 12.5. The van der Waals surface area contributed by atoms with Crippen molar-refractivity contribution in [3.05, 3.63) is 48.0 Å². The fourth-order valence-corrected chi connectivity index (χ4v) is 3.49. The Morgan fingerprint density at radius 1 is 1.31 bits per heavy atom. The lowest BCUT2D eigenvalue weighted by atomic mass is 9.99. The molecule has 0 aliphatic carbocycles. The number of carbonyl (C=O) groups excluding carboxylic acids is 2. The SMILES string of the molecule is O=C(Nc1ccc2c(c1)CN(C(=O)Cn1ccnc1)CC2)[C@@H]1CCCO1. The molecule has 26 heavy (non-hydrogen) atoms. The second-order valence-corrected chi connectivity index (χ2v) is 6.77. The summed E-state index contributed by atoms with van der Waals surface area (Å²) < 4.78 is 7.20. The molecule has 2 aliphatic heterocycles. The Balaban J connectivity index is 1.42. The van der Waals surface area contributed by atoms with Crippen LogP contribution in [0, 0.1) is 0 Å². The minimum absolute atomic E-state index is 0.0717. The van der Waals surface area contributed by atoms with Crippen molar-refractivity contribution in [3.8, 4) is 0 Å². The van der Waals surface area contributed by atoms with Crippen molar-refractivity contribution in [1.29, 1.82) is 0 Å². The fourth-order valence-electron chi connectivity index (χ4n) is 3.49. The first kappa shape index (κ1) is 16.8. The second-order valence-electron chi connectivity index (χ2n) is 6.77. The number of ether oxygens (including phenoxy) is 1. The molecule has 7 nitrogen and oxygen atoms in total. The van der Waals surface area contributed by atoms with E-state index < -0.39 is 0 Å². The lowest BCUT2D eigenvalue weighted by Gasteiger charge is -2.29. The van der Waals surface area contributed by atoms with Gasteiger partial charge in [-0.3, -0.25) is 9.59 Å². The van der Waals surface area contributed by atoms with E-state index in [0.717, 1.165) is 30.5 Å². The van der Waals surface area contributed by atoms with Crippen LogP contribution >= 0.6 is 0 Å². The van der Waals surface area contributed by atoms with E-state index in [-0.39, 0.29) is 17.9 Å². The summed E-state index contributed by atoms with van der Waals surface area (Å²) >= 11 is 0. The summed E-state index contributed by atoms with van der Waals surface area (Å²) in [6.45, 7) is 2.22. The van der Waals surface area contributed by atoms with Gasteiger partial charge in [-0.2, -0.15) is 0 Å². The van der Waals surface area contributed by atoms with E-state index in [1.54, 1.807) is 23.3 Å². The van der Waals surface area contributed by atoms with E-state index in [9.17, 15) is 9.59 Å². The van der Waals surface area contributed by atoms with Gasteiger partial charge in [0.25, 0.3) is 5.91 Å². The van der Waals surface area contributed by atoms with E-state index in [0.29, 0.717) is 26.2 Å². The van der Waals surface area contributed by atoms with Crippen LogP contribution in [0.15, 0.2) is 36.9 Å². The van der Waals surface area contributed by atoms with Crippen molar-refractivity contribution in [1.82, 2.24) is 14.5 Å². The van der Waals surface area contributed by atoms with Crippen molar-refractivity contribution in [3.63, 3.8) is 0 Å². The van der Waals surface area contributed by atoms with E-state index in [1.807, 2.05) is 23.1 Å². The number of benzene rings is 1. The fraction of sp³-hybridized carbons (Fsp3) is 0.421. The number of nitrogens with one attached hydrogen (secondary N) is 1. The number of amides is 2. The normalized spacial score (nSPS) is 19.2. The van der Waals surface area contributed by atoms with E-state index in [2.05, 4.69) is 10.3 Å². The van der Waals surface area contributed by atoms with Gasteiger partial charge in [-0.15, -0.1) is 0 Å². The minimum atomic E-state index is -0.348. The maximum absolute atomic E-state index is 12.5. The molecule has 1 atom stereocenters. The minimum Gasteiger partial charge on any atom is -0.368 e. The highest BCUT2D eigenvalue weighted by molar-refractivity contribution is 5.94. The summed E-state index contributed by atoms with van der Waals surface area (Å²) in [7, 11) is 0. The van der Waals surface area contributed by atoms with Crippen molar-refractivity contribution in [2.75, 3.05) is 18.5 Å². The monoisotopic (exact) mass is 354 g/mol. The van der Waals surface area contributed by atoms with Gasteiger partial charge in [-0.1, -0.05) is 6.07 Å². The van der Waals surface area contributed by atoms with Crippen molar-refractivity contribution >= 4 is 17.5 Å². The number of hydrogen-bond donors (Lipinski definition) is 1. The van der Waals surface area contributed by atoms with Crippen LogP contribution in [-0.2, 0) is 33.8 Å². The molecule has 2 aromatic rings. The molecule has 1 aromatic carbocycles. The van der Waals surface area contributed by atoms with Gasteiger partial charge >= 0.3 is 0 Å². The number of carbonyl (C=O) groups is 2. The third-order valence-corrected chi connectivity index (χ3v) is 4.94. The summed E-state index contributed by atoms with van der Waals surface area (Å²) in [5.74, 6) is -0.0197. The summed E-state index contributed by atoms with van der Waals surface area (Å²) in [4.78, 5) is 30.6. The molecule has 1 N–H and O–H groups in total. The molecule has 1 aromatic heterocycles. The molecule has 136 valence electrons. The molecule has 2 aliphatic rings. The Labute approximate surface area is 152 Å². The quantitative estimate of drug-likeness (QED) is 0.905. The standard InChI is InChI=1S/C19H22N4O3/c24-18(12-22-8-6-20-13-22)23-7-5-14-3-4-16(10-15(14)11-23)21-19(25)17-2-1-9-26-17/h3-4,6,8,10,13,17H,1-2,5,7,9,11-12H2,(H,21,25)/t17-/m0/s1. The van der Waals surface area contributed by atoms with Crippen LogP contribution in [-0.4, -0.2) is 45.5 Å². The molecule has 0 radical (unpaired) electrons. The number of rotatable bonds is 4. The molecular formula is C19H22N4O3. The lowest BCUT2D eigenvalue weighted by Crippen LogP contribution is -2.38. The smallest absolute Gasteiger partial charge is 0.253 e. The molecular weight excluding hydrogens is 332 g/mol. The zero-order valence-electron chi connectivity index (χ0n) is 14.6. The summed E-state index contributed by atoms with van der Waals surface area (Å²) in [6.07, 6.45) is 7.28. The van der Waals surface area contributed by atoms with Crippen LogP contribution in [0.25, 0.3) is 0 Å². The van der Waals surface area contributed by atoms with E-state index >= 15 is 0 Å². The predicted molar refractivity (Wildman–Crippen MR) is 95.4 cm³/mol. The zero-order valence-corrected chi connectivity index (χ0v) is 14.6. The van der Waals surface area contributed by atoms with Crippen LogP contribution in [0.1, 0.15) is 24.0 Å².